The van der Waals surface area contributed by atoms with E-state index in [1.165, 1.54) is 29.7 Å². The minimum absolute atomic E-state index is 0.00375. The van der Waals surface area contributed by atoms with Gasteiger partial charge in [0.1, 0.15) is 11.4 Å². The van der Waals surface area contributed by atoms with Crippen LogP contribution in [0.15, 0.2) is 77.1 Å². The molecule has 0 spiro atoms. The molecule has 0 radical (unpaired) electrons. The van der Waals surface area contributed by atoms with Gasteiger partial charge in [-0.1, -0.05) is 42.5 Å². The number of hydrogen-bond acceptors (Lipinski definition) is 8. The second-order valence-corrected chi connectivity index (χ2v) is 12.2. The average Bonchev–Trinajstić information content (AvgIpc) is 3.57. The molecule has 5 N–H and O–H groups in total. The molecule has 2 heterocycles. The van der Waals surface area contributed by atoms with Crippen molar-refractivity contribution in [3.8, 4) is 0 Å². The minimum atomic E-state index is -4.39. The second kappa shape index (κ2) is 13.2. The van der Waals surface area contributed by atoms with Crippen LogP contribution in [0.1, 0.15) is 26.9 Å². The quantitative estimate of drug-likeness (QED) is 0.206. The van der Waals surface area contributed by atoms with Crippen molar-refractivity contribution in [2.45, 2.75) is 37.2 Å². The van der Waals surface area contributed by atoms with Crippen LogP contribution in [0.4, 0.5) is 10.5 Å². The summed E-state index contributed by atoms with van der Waals surface area (Å²) in [6.45, 7) is 2.06. The van der Waals surface area contributed by atoms with Crippen LogP contribution in [0.2, 0.25) is 0 Å². The highest BCUT2D eigenvalue weighted by molar-refractivity contribution is 8.02. The molecular formula is C27H30N4O6S3. The lowest BCUT2D eigenvalue weighted by Gasteiger charge is -2.25. The summed E-state index contributed by atoms with van der Waals surface area (Å²) in [5, 5.41) is 13.3. The van der Waals surface area contributed by atoms with Crippen molar-refractivity contribution in [2.24, 2.45) is 0 Å². The number of amides is 2. The summed E-state index contributed by atoms with van der Waals surface area (Å²) >= 11 is 3.27. The number of anilines is 1. The number of methoxy groups -OCH3 is 1. The van der Waals surface area contributed by atoms with E-state index >= 15 is 0 Å². The molecule has 1 aliphatic rings. The highest BCUT2D eigenvalue weighted by Crippen LogP contribution is 2.39. The van der Waals surface area contributed by atoms with E-state index in [4.69, 9.17) is 9.29 Å². The van der Waals surface area contributed by atoms with E-state index in [9.17, 15) is 18.0 Å². The standard InChI is InChI=1S/C27H30N4O6S3/c1-17-12-13-38-24(17)26-29-23(16-39-26)21(14-19-8-10-20(11-9-19)31-40(34,35)36)28-25(32)22(30-27(33)37-2)15-18-6-4-3-5-7-18/h3-13,16,21-22,26,29,31H,14-15H2,1-2H3,(H,28,32)(H,30,33)(H,34,35,36)/t21-,22-,26?/m0/s1. The fourth-order valence-electron chi connectivity index (χ4n) is 4.19. The van der Waals surface area contributed by atoms with Gasteiger partial charge >= 0.3 is 16.4 Å². The molecule has 10 nitrogen and oxygen atoms in total. The van der Waals surface area contributed by atoms with E-state index < -0.39 is 28.5 Å². The Labute approximate surface area is 241 Å². The molecule has 0 saturated heterocycles. The van der Waals surface area contributed by atoms with E-state index in [0.29, 0.717) is 6.42 Å². The van der Waals surface area contributed by atoms with Crippen LogP contribution in [0.25, 0.3) is 0 Å². The number of alkyl carbamates (subject to hydrolysis) is 1. The molecule has 0 bridgehead atoms. The number of rotatable bonds is 11. The predicted octanol–water partition coefficient (Wildman–Crippen LogP) is 4.14. The van der Waals surface area contributed by atoms with E-state index in [1.54, 1.807) is 35.2 Å². The maximum absolute atomic E-state index is 13.6. The van der Waals surface area contributed by atoms with Crippen LogP contribution >= 0.6 is 23.1 Å². The first-order chi connectivity index (χ1) is 19.1. The van der Waals surface area contributed by atoms with Gasteiger partial charge in [0.05, 0.1) is 18.8 Å². The second-order valence-electron chi connectivity index (χ2n) is 9.12. The first-order valence-electron chi connectivity index (χ1n) is 12.3. The molecular weight excluding hydrogens is 573 g/mol. The number of thioether (sulfide) groups is 1. The number of benzene rings is 2. The molecule has 1 aliphatic heterocycles. The maximum Gasteiger partial charge on any atom is 0.407 e. The van der Waals surface area contributed by atoms with Crippen molar-refractivity contribution in [2.75, 3.05) is 11.8 Å². The van der Waals surface area contributed by atoms with E-state index in [2.05, 4.69) is 28.9 Å². The van der Waals surface area contributed by atoms with Crippen molar-refractivity contribution in [1.29, 1.82) is 0 Å². The third-order valence-corrected chi connectivity index (χ3v) is 8.92. The number of aryl methyl sites for hydroxylation is 1. The molecule has 4 rings (SSSR count). The summed E-state index contributed by atoms with van der Waals surface area (Å²) in [6, 6.07) is 16.5. The molecule has 40 heavy (non-hydrogen) atoms. The number of ether oxygens (including phenoxy) is 1. The van der Waals surface area contributed by atoms with Crippen LogP contribution in [0.5, 0.6) is 0 Å². The maximum atomic E-state index is 13.6. The normalized spacial score (nSPS) is 16.3. The Morgan fingerprint density at radius 2 is 1.73 bits per heavy atom. The van der Waals surface area contributed by atoms with Crippen molar-refractivity contribution < 1.29 is 27.3 Å². The Balaban J connectivity index is 1.55. The van der Waals surface area contributed by atoms with Crippen molar-refractivity contribution in [3.63, 3.8) is 0 Å². The van der Waals surface area contributed by atoms with Gasteiger partial charge in [-0.2, -0.15) is 8.42 Å². The first-order valence-corrected chi connectivity index (χ1v) is 15.6. The van der Waals surface area contributed by atoms with Gasteiger partial charge in [-0.25, -0.2) is 4.79 Å². The van der Waals surface area contributed by atoms with Gasteiger partial charge in [0, 0.05) is 17.0 Å². The van der Waals surface area contributed by atoms with Crippen LogP contribution < -0.4 is 20.7 Å². The highest BCUT2D eigenvalue weighted by Gasteiger charge is 2.30. The summed E-state index contributed by atoms with van der Waals surface area (Å²) < 4.78 is 38.1. The smallest absolute Gasteiger partial charge is 0.407 e. The number of nitrogens with one attached hydrogen (secondary N) is 4. The molecule has 2 aromatic carbocycles. The SMILES string of the molecule is COC(=O)N[C@@H](Cc1ccccc1)C(=O)N[C@@H](Cc1ccc(NS(=O)(=O)O)cc1)C1=CSC(c2sccc2C)N1. The summed E-state index contributed by atoms with van der Waals surface area (Å²) in [5.74, 6) is -0.382. The molecule has 13 heteroatoms. The highest BCUT2D eigenvalue weighted by atomic mass is 32.2. The van der Waals surface area contributed by atoms with Crippen LogP contribution in [0, 0.1) is 6.92 Å². The first kappa shape index (κ1) is 29.5. The molecule has 1 unspecified atom stereocenters. The Hall–Kier alpha value is -3.52. The minimum Gasteiger partial charge on any atom is -0.453 e. The van der Waals surface area contributed by atoms with E-state index in [-0.39, 0.29) is 23.4 Å². The van der Waals surface area contributed by atoms with Gasteiger partial charge in [0.15, 0.2) is 0 Å². The Bertz CT molecular complexity index is 1460. The van der Waals surface area contributed by atoms with Crippen molar-refractivity contribution in [1.82, 2.24) is 16.0 Å². The van der Waals surface area contributed by atoms with Gasteiger partial charge in [-0.15, -0.1) is 23.1 Å². The number of carbonyl (C=O) groups is 2. The molecule has 0 saturated carbocycles. The summed E-state index contributed by atoms with van der Waals surface area (Å²) in [7, 11) is -3.15. The molecule has 0 aliphatic carbocycles. The lowest BCUT2D eigenvalue weighted by molar-refractivity contribution is -0.123. The Morgan fingerprint density at radius 3 is 2.35 bits per heavy atom. The van der Waals surface area contributed by atoms with Crippen LogP contribution in [-0.2, 0) is 32.7 Å². The summed E-state index contributed by atoms with van der Waals surface area (Å²) in [6.07, 6.45) is -0.0662. The summed E-state index contributed by atoms with van der Waals surface area (Å²) in [4.78, 5) is 26.9. The average molecular weight is 603 g/mol. The van der Waals surface area contributed by atoms with Crippen LogP contribution in [0.3, 0.4) is 0 Å². The number of thiophene rings is 1. The van der Waals surface area contributed by atoms with E-state index in [1.807, 2.05) is 45.8 Å². The van der Waals surface area contributed by atoms with Crippen molar-refractivity contribution in [3.05, 3.63) is 98.7 Å². The largest absolute Gasteiger partial charge is 0.453 e. The third-order valence-electron chi connectivity index (χ3n) is 6.18. The molecule has 2 amide bonds. The zero-order chi connectivity index (χ0) is 28.7. The molecule has 1 aromatic heterocycles. The molecule has 3 aromatic rings. The fraction of sp³-hybridized carbons (Fsp3) is 0.259. The van der Waals surface area contributed by atoms with Gasteiger partial charge in [-0.05, 0) is 59.0 Å². The summed E-state index contributed by atoms with van der Waals surface area (Å²) in [5.41, 5.74) is 3.89. The lowest BCUT2D eigenvalue weighted by atomic mass is 10.0. The molecule has 212 valence electrons. The predicted molar refractivity (Wildman–Crippen MR) is 157 cm³/mol. The molecule has 3 atom stereocenters. The van der Waals surface area contributed by atoms with Crippen molar-refractivity contribution >= 4 is 51.1 Å². The third kappa shape index (κ3) is 8.24. The van der Waals surface area contributed by atoms with Crippen LogP contribution in [-0.4, -0.2) is 44.2 Å². The fourth-order valence-corrected chi connectivity index (χ4v) is 6.84. The molecule has 0 fully saturated rings. The number of hydrogen-bond donors (Lipinski definition) is 5. The lowest BCUT2D eigenvalue weighted by Crippen LogP contribution is -2.52. The van der Waals surface area contributed by atoms with E-state index in [0.717, 1.165) is 16.8 Å². The Kier molecular flexibility index (Phi) is 9.74. The Morgan fingerprint density at radius 1 is 1.02 bits per heavy atom. The zero-order valence-corrected chi connectivity index (χ0v) is 24.2. The van der Waals surface area contributed by atoms with Gasteiger partial charge in [0.25, 0.3) is 0 Å². The zero-order valence-electron chi connectivity index (χ0n) is 21.8. The monoisotopic (exact) mass is 602 g/mol. The van der Waals surface area contributed by atoms with Gasteiger partial charge in [0.2, 0.25) is 5.91 Å². The van der Waals surface area contributed by atoms with Gasteiger partial charge < -0.3 is 20.7 Å². The topological polar surface area (TPSA) is 146 Å². The van der Waals surface area contributed by atoms with Gasteiger partial charge in [-0.3, -0.25) is 14.1 Å². The number of carbonyl (C=O) groups excluding carboxylic acids is 2.